The Labute approximate surface area is 178 Å². The third-order valence-corrected chi connectivity index (χ3v) is 6.32. The predicted octanol–water partition coefficient (Wildman–Crippen LogP) is 4.32. The summed E-state index contributed by atoms with van der Waals surface area (Å²) in [6.07, 6.45) is 1.49. The summed E-state index contributed by atoms with van der Waals surface area (Å²) in [5.41, 5.74) is 0.337. The Hall–Kier alpha value is -3.20. The van der Waals surface area contributed by atoms with E-state index in [0.29, 0.717) is 11.6 Å². The van der Waals surface area contributed by atoms with E-state index >= 15 is 0 Å². The summed E-state index contributed by atoms with van der Waals surface area (Å²) in [7, 11) is -2.03. The maximum Gasteiger partial charge on any atom is 0.254 e. The van der Waals surface area contributed by atoms with Gasteiger partial charge >= 0.3 is 0 Å². The predicted molar refractivity (Wildman–Crippen MR) is 112 cm³/mol. The molecular formula is C22H21F2NO5S. The Morgan fingerprint density at radius 3 is 2.29 bits per heavy atom. The Kier molecular flexibility index (Phi) is 6.45. The van der Waals surface area contributed by atoms with Crippen LogP contribution < -0.4 is 15.0 Å². The molecule has 1 heterocycles. The standard InChI is InChI=1S/C22H21F2NO5S/c1-4-29-21-12-22(26)25(3)13-17(21)16-11-15(31(27,28)5-2)7-9-19(16)30-20-8-6-14(23)10-18(20)24/h6-13H,4-5H2,1-3H3. The molecule has 0 saturated carbocycles. The number of hydrogen-bond donors (Lipinski definition) is 0. The van der Waals surface area contributed by atoms with E-state index < -0.39 is 21.5 Å². The van der Waals surface area contributed by atoms with Crippen LogP contribution in [0.3, 0.4) is 0 Å². The molecule has 2 aromatic carbocycles. The minimum atomic E-state index is -3.56. The van der Waals surface area contributed by atoms with Crippen molar-refractivity contribution < 1.29 is 26.7 Å². The zero-order valence-electron chi connectivity index (χ0n) is 17.2. The molecule has 6 nitrogen and oxygen atoms in total. The lowest BCUT2D eigenvalue weighted by Crippen LogP contribution is -2.16. The lowest BCUT2D eigenvalue weighted by molar-refractivity contribution is 0.340. The van der Waals surface area contributed by atoms with Gasteiger partial charge in [0, 0.05) is 36.5 Å². The maximum absolute atomic E-state index is 14.2. The molecule has 1 aromatic heterocycles. The van der Waals surface area contributed by atoms with Gasteiger partial charge in [-0.1, -0.05) is 6.92 Å². The van der Waals surface area contributed by atoms with E-state index in [1.54, 1.807) is 6.92 Å². The molecule has 3 aromatic rings. The number of ether oxygens (including phenoxy) is 2. The zero-order chi connectivity index (χ0) is 22.8. The molecule has 31 heavy (non-hydrogen) atoms. The topological polar surface area (TPSA) is 74.6 Å². The van der Waals surface area contributed by atoms with Gasteiger partial charge in [0.2, 0.25) is 0 Å². The van der Waals surface area contributed by atoms with Crippen LogP contribution in [0.25, 0.3) is 11.1 Å². The number of aryl methyl sites for hydroxylation is 1. The van der Waals surface area contributed by atoms with Gasteiger partial charge in [-0.3, -0.25) is 4.79 Å². The first-order chi connectivity index (χ1) is 14.7. The van der Waals surface area contributed by atoms with Crippen LogP contribution in [-0.4, -0.2) is 25.3 Å². The summed E-state index contributed by atoms with van der Waals surface area (Å²) in [6, 6.07) is 8.27. The van der Waals surface area contributed by atoms with Crippen LogP contribution in [-0.2, 0) is 16.9 Å². The van der Waals surface area contributed by atoms with Crippen molar-refractivity contribution in [2.24, 2.45) is 7.05 Å². The first-order valence-corrected chi connectivity index (χ1v) is 11.1. The van der Waals surface area contributed by atoms with Crippen LogP contribution in [0.1, 0.15) is 13.8 Å². The molecule has 0 aliphatic heterocycles. The van der Waals surface area contributed by atoms with Crippen LogP contribution >= 0.6 is 0 Å². The highest BCUT2D eigenvalue weighted by atomic mass is 32.2. The van der Waals surface area contributed by atoms with Gasteiger partial charge in [0.25, 0.3) is 5.56 Å². The van der Waals surface area contributed by atoms with Gasteiger partial charge in [-0.15, -0.1) is 0 Å². The van der Waals surface area contributed by atoms with E-state index in [4.69, 9.17) is 9.47 Å². The third-order valence-electron chi connectivity index (χ3n) is 4.58. The Morgan fingerprint density at radius 2 is 1.65 bits per heavy atom. The largest absolute Gasteiger partial charge is 0.493 e. The summed E-state index contributed by atoms with van der Waals surface area (Å²) in [5.74, 6) is -1.70. The second kappa shape index (κ2) is 8.89. The minimum absolute atomic E-state index is 0.0354. The molecule has 3 rings (SSSR count). The minimum Gasteiger partial charge on any atom is -0.493 e. The van der Waals surface area contributed by atoms with Crippen molar-refractivity contribution in [3.05, 3.63) is 70.6 Å². The van der Waals surface area contributed by atoms with Crippen molar-refractivity contribution in [3.8, 4) is 28.4 Å². The fraction of sp³-hybridized carbons (Fsp3) is 0.227. The molecule has 0 bridgehead atoms. The van der Waals surface area contributed by atoms with Crippen molar-refractivity contribution in [1.82, 2.24) is 4.57 Å². The fourth-order valence-electron chi connectivity index (χ4n) is 2.93. The van der Waals surface area contributed by atoms with Gasteiger partial charge in [-0.25, -0.2) is 17.2 Å². The van der Waals surface area contributed by atoms with E-state index in [0.717, 1.165) is 12.1 Å². The number of aromatic nitrogens is 1. The Morgan fingerprint density at radius 1 is 0.935 bits per heavy atom. The Balaban J connectivity index is 2.26. The van der Waals surface area contributed by atoms with Crippen LogP contribution in [0.2, 0.25) is 0 Å². The number of hydrogen-bond acceptors (Lipinski definition) is 5. The lowest BCUT2D eigenvalue weighted by Gasteiger charge is -2.17. The summed E-state index contributed by atoms with van der Waals surface area (Å²) in [5, 5.41) is 0. The van der Waals surface area contributed by atoms with Crippen molar-refractivity contribution >= 4 is 9.84 Å². The van der Waals surface area contributed by atoms with Crippen molar-refractivity contribution in [3.63, 3.8) is 0 Å². The highest BCUT2D eigenvalue weighted by Gasteiger charge is 2.20. The van der Waals surface area contributed by atoms with E-state index in [2.05, 4.69) is 0 Å². The molecule has 0 unspecified atom stereocenters. The SMILES string of the molecule is CCOc1cc(=O)n(C)cc1-c1cc(S(=O)(=O)CC)ccc1Oc1ccc(F)cc1F. The summed E-state index contributed by atoms with van der Waals surface area (Å²) in [6.45, 7) is 3.52. The van der Waals surface area contributed by atoms with Crippen molar-refractivity contribution in [2.45, 2.75) is 18.7 Å². The van der Waals surface area contributed by atoms with Crippen LogP contribution in [0, 0.1) is 11.6 Å². The third kappa shape index (κ3) is 4.77. The average Bonchev–Trinajstić information content (AvgIpc) is 2.73. The van der Waals surface area contributed by atoms with Crippen molar-refractivity contribution in [2.75, 3.05) is 12.4 Å². The van der Waals surface area contributed by atoms with Crippen molar-refractivity contribution in [1.29, 1.82) is 0 Å². The second-order valence-corrected chi connectivity index (χ2v) is 8.95. The van der Waals surface area contributed by atoms with Gasteiger partial charge in [-0.2, -0.15) is 0 Å². The molecule has 0 N–H and O–H groups in total. The highest BCUT2D eigenvalue weighted by Crippen LogP contribution is 2.40. The molecule has 0 aliphatic rings. The average molecular weight is 449 g/mol. The number of nitrogens with zero attached hydrogens (tertiary/aromatic N) is 1. The molecular weight excluding hydrogens is 428 g/mol. The van der Waals surface area contributed by atoms with E-state index in [-0.39, 0.29) is 45.6 Å². The molecule has 0 atom stereocenters. The smallest absolute Gasteiger partial charge is 0.254 e. The van der Waals surface area contributed by atoms with Crippen LogP contribution in [0.4, 0.5) is 8.78 Å². The molecule has 0 aliphatic carbocycles. The lowest BCUT2D eigenvalue weighted by atomic mass is 10.1. The van der Waals surface area contributed by atoms with E-state index in [1.807, 2.05) is 0 Å². The molecule has 0 saturated heterocycles. The number of benzene rings is 2. The molecule has 9 heteroatoms. The monoisotopic (exact) mass is 449 g/mol. The molecule has 0 radical (unpaired) electrons. The molecule has 0 spiro atoms. The van der Waals surface area contributed by atoms with Crippen LogP contribution in [0.5, 0.6) is 17.2 Å². The molecule has 0 fully saturated rings. The maximum atomic E-state index is 14.2. The fourth-order valence-corrected chi connectivity index (χ4v) is 3.84. The second-order valence-electron chi connectivity index (χ2n) is 6.67. The van der Waals surface area contributed by atoms with Crippen LogP contribution in [0.15, 0.2) is 58.4 Å². The van der Waals surface area contributed by atoms with Gasteiger partial charge in [0.05, 0.1) is 17.3 Å². The van der Waals surface area contributed by atoms with Gasteiger partial charge in [0.1, 0.15) is 17.3 Å². The normalized spacial score (nSPS) is 11.4. The molecule has 0 amide bonds. The van der Waals surface area contributed by atoms with E-state index in [9.17, 15) is 22.0 Å². The number of rotatable bonds is 7. The Bertz CT molecular complexity index is 1290. The van der Waals surface area contributed by atoms with Gasteiger partial charge in [0.15, 0.2) is 21.4 Å². The number of sulfone groups is 1. The summed E-state index contributed by atoms with van der Waals surface area (Å²) >= 11 is 0. The zero-order valence-corrected chi connectivity index (χ0v) is 18.0. The first-order valence-electron chi connectivity index (χ1n) is 9.49. The summed E-state index contributed by atoms with van der Waals surface area (Å²) in [4.78, 5) is 12.1. The number of halogens is 2. The van der Waals surface area contributed by atoms with E-state index in [1.165, 1.54) is 49.0 Å². The van der Waals surface area contributed by atoms with Gasteiger partial charge in [-0.05, 0) is 37.3 Å². The first kappa shape index (κ1) is 22.5. The highest BCUT2D eigenvalue weighted by molar-refractivity contribution is 7.91. The molecule has 164 valence electrons. The number of pyridine rings is 1. The quantitative estimate of drug-likeness (QED) is 0.537. The summed E-state index contributed by atoms with van der Waals surface area (Å²) < 4.78 is 64.9. The van der Waals surface area contributed by atoms with Gasteiger partial charge < -0.3 is 14.0 Å².